The van der Waals surface area contributed by atoms with Crippen molar-refractivity contribution in [3.63, 3.8) is 0 Å². The van der Waals surface area contributed by atoms with Crippen LogP contribution in [-0.4, -0.2) is 41.7 Å². The fourth-order valence-electron chi connectivity index (χ4n) is 2.26. The summed E-state index contributed by atoms with van der Waals surface area (Å²) in [5.41, 5.74) is -1.05. The molecule has 0 spiro atoms. The van der Waals surface area contributed by atoms with Gasteiger partial charge in [0.25, 0.3) is 0 Å². The molecule has 0 fully saturated rings. The molecule has 0 saturated carbocycles. The van der Waals surface area contributed by atoms with Gasteiger partial charge in [-0.3, -0.25) is 5.21 Å². The minimum Gasteiger partial charge on any atom is -0.442 e. The molecule has 8 heteroatoms. The second kappa shape index (κ2) is 8.05. The monoisotopic (exact) mass is 363 g/mol. The first kappa shape index (κ1) is 21.2. The predicted molar refractivity (Wildman–Crippen MR) is 85.4 cm³/mol. The van der Waals surface area contributed by atoms with Crippen molar-refractivity contribution < 1.29 is 32.6 Å². The molecule has 1 N–H and O–H groups in total. The minimum absolute atomic E-state index is 0.104. The standard InChI is InChI=1S/C17H24F3NO4/c1-11(21(23)15(22)25-16(2,3)4)14(10-24-5)12-6-8-13(9-7-12)17(18,19)20/h6-9,11,14,23H,10H2,1-5H3/t11-,14+/m1/s1. The van der Waals surface area contributed by atoms with E-state index in [2.05, 4.69) is 0 Å². The van der Waals surface area contributed by atoms with E-state index in [4.69, 9.17) is 9.47 Å². The summed E-state index contributed by atoms with van der Waals surface area (Å²) >= 11 is 0. The van der Waals surface area contributed by atoms with Crippen molar-refractivity contribution >= 4 is 6.09 Å². The van der Waals surface area contributed by atoms with Gasteiger partial charge in [0.1, 0.15) is 5.60 Å². The Morgan fingerprint density at radius 2 is 1.72 bits per heavy atom. The summed E-state index contributed by atoms with van der Waals surface area (Å²) < 4.78 is 48.2. The van der Waals surface area contributed by atoms with Crippen LogP contribution < -0.4 is 0 Å². The summed E-state index contributed by atoms with van der Waals surface area (Å²) in [6.45, 7) is 6.64. The Morgan fingerprint density at radius 3 is 2.12 bits per heavy atom. The molecule has 0 saturated heterocycles. The number of ether oxygens (including phenoxy) is 2. The van der Waals surface area contributed by atoms with E-state index >= 15 is 0 Å². The van der Waals surface area contributed by atoms with Gasteiger partial charge in [-0.1, -0.05) is 12.1 Å². The van der Waals surface area contributed by atoms with Crippen LogP contribution in [0.1, 0.15) is 44.7 Å². The second-order valence-electron chi connectivity index (χ2n) is 6.75. The van der Waals surface area contributed by atoms with Gasteiger partial charge in [0, 0.05) is 13.0 Å². The normalized spacial score (nSPS) is 14.8. The van der Waals surface area contributed by atoms with Gasteiger partial charge in [0.15, 0.2) is 0 Å². The first-order chi connectivity index (χ1) is 11.4. The van der Waals surface area contributed by atoms with Crippen molar-refractivity contribution in [2.45, 2.75) is 51.4 Å². The van der Waals surface area contributed by atoms with E-state index in [9.17, 15) is 23.2 Å². The number of rotatable bonds is 5. The summed E-state index contributed by atoms with van der Waals surface area (Å²) in [5.74, 6) is -0.537. The second-order valence-corrected chi connectivity index (χ2v) is 6.75. The lowest BCUT2D eigenvalue weighted by atomic mass is 9.92. The molecule has 0 heterocycles. The molecular weight excluding hydrogens is 339 g/mol. The van der Waals surface area contributed by atoms with Gasteiger partial charge < -0.3 is 9.47 Å². The number of carbonyl (C=O) groups excluding carboxylic acids is 1. The lowest BCUT2D eigenvalue weighted by Gasteiger charge is -2.31. The number of hydrogen-bond acceptors (Lipinski definition) is 4. The Morgan fingerprint density at radius 1 is 1.20 bits per heavy atom. The van der Waals surface area contributed by atoms with Crippen LogP contribution in [0, 0.1) is 0 Å². The van der Waals surface area contributed by atoms with E-state index in [-0.39, 0.29) is 6.61 Å². The molecule has 2 atom stereocenters. The molecule has 1 aromatic carbocycles. The van der Waals surface area contributed by atoms with Crippen LogP contribution in [0.5, 0.6) is 0 Å². The first-order valence-corrected chi connectivity index (χ1v) is 7.74. The molecule has 1 rings (SSSR count). The van der Waals surface area contributed by atoms with Crippen LogP contribution in [0.25, 0.3) is 0 Å². The summed E-state index contributed by atoms with van der Waals surface area (Å²) in [7, 11) is 1.43. The van der Waals surface area contributed by atoms with Gasteiger partial charge in [-0.25, -0.2) is 4.79 Å². The number of hydrogen-bond donors (Lipinski definition) is 1. The number of halogens is 3. The molecule has 142 valence electrons. The maximum Gasteiger partial charge on any atom is 0.434 e. The predicted octanol–water partition coefficient (Wildman–Crippen LogP) is 4.45. The summed E-state index contributed by atoms with van der Waals surface area (Å²) in [5, 5.41) is 10.6. The Hall–Kier alpha value is -1.80. The van der Waals surface area contributed by atoms with Gasteiger partial charge in [-0.2, -0.15) is 18.2 Å². The van der Waals surface area contributed by atoms with Crippen LogP contribution in [-0.2, 0) is 15.7 Å². The molecule has 0 aliphatic heterocycles. The summed E-state index contributed by atoms with van der Waals surface area (Å²) in [6, 6.07) is 3.77. The van der Waals surface area contributed by atoms with E-state index in [1.54, 1.807) is 27.7 Å². The maximum absolute atomic E-state index is 12.7. The number of benzene rings is 1. The lowest BCUT2D eigenvalue weighted by molar-refractivity contribution is -0.137. The molecule has 0 radical (unpaired) electrons. The van der Waals surface area contributed by atoms with Gasteiger partial charge in [0.05, 0.1) is 18.2 Å². The molecule has 1 amide bonds. The first-order valence-electron chi connectivity index (χ1n) is 7.74. The molecule has 25 heavy (non-hydrogen) atoms. The molecule has 0 bridgehead atoms. The van der Waals surface area contributed by atoms with Gasteiger partial charge in [-0.05, 0) is 45.4 Å². The maximum atomic E-state index is 12.7. The molecule has 0 aliphatic rings. The number of alkyl halides is 3. The molecular formula is C17H24F3NO4. The van der Waals surface area contributed by atoms with Gasteiger partial charge in [-0.15, -0.1) is 0 Å². The van der Waals surface area contributed by atoms with Crippen LogP contribution in [0.3, 0.4) is 0 Å². The summed E-state index contributed by atoms with van der Waals surface area (Å²) in [6.07, 6.45) is -5.37. The highest BCUT2D eigenvalue weighted by Gasteiger charge is 2.33. The van der Waals surface area contributed by atoms with Gasteiger partial charge >= 0.3 is 12.3 Å². The third kappa shape index (κ3) is 6.21. The Balaban J connectivity index is 3.00. The van der Waals surface area contributed by atoms with Crippen LogP contribution >= 0.6 is 0 Å². The molecule has 0 unspecified atom stereocenters. The Bertz CT molecular complexity index is 567. The third-order valence-corrected chi connectivity index (χ3v) is 3.56. The highest BCUT2D eigenvalue weighted by molar-refractivity contribution is 5.67. The van der Waals surface area contributed by atoms with Crippen molar-refractivity contribution in [3.05, 3.63) is 35.4 Å². The average molecular weight is 363 g/mol. The number of nitrogens with zero attached hydrogens (tertiary/aromatic N) is 1. The van der Waals surface area contributed by atoms with Crippen molar-refractivity contribution in [1.82, 2.24) is 5.06 Å². The Labute approximate surface area is 145 Å². The minimum atomic E-state index is -4.43. The van der Waals surface area contributed by atoms with Crippen molar-refractivity contribution in [2.24, 2.45) is 0 Å². The quantitative estimate of drug-likeness (QED) is 0.620. The molecule has 0 aromatic heterocycles. The fourth-order valence-corrected chi connectivity index (χ4v) is 2.26. The van der Waals surface area contributed by atoms with Crippen LogP contribution in [0.2, 0.25) is 0 Å². The SMILES string of the molecule is COC[C@H](c1ccc(C(F)(F)F)cc1)[C@@H](C)N(O)C(=O)OC(C)(C)C. The fraction of sp³-hybridized carbons (Fsp3) is 0.588. The zero-order chi connectivity index (χ0) is 19.4. The smallest absolute Gasteiger partial charge is 0.434 e. The highest BCUT2D eigenvalue weighted by atomic mass is 19.4. The van der Waals surface area contributed by atoms with Gasteiger partial charge in [0.2, 0.25) is 0 Å². The van der Waals surface area contributed by atoms with Crippen molar-refractivity contribution in [2.75, 3.05) is 13.7 Å². The average Bonchev–Trinajstić information content (AvgIpc) is 2.49. The van der Waals surface area contributed by atoms with E-state index in [1.165, 1.54) is 19.2 Å². The molecule has 1 aromatic rings. The molecule has 5 nitrogen and oxygen atoms in total. The van der Waals surface area contributed by atoms with E-state index in [0.29, 0.717) is 10.6 Å². The number of amides is 1. The highest BCUT2D eigenvalue weighted by Crippen LogP contribution is 2.31. The number of carbonyl (C=O) groups is 1. The van der Waals surface area contributed by atoms with E-state index < -0.39 is 35.4 Å². The zero-order valence-corrected chi connectivity index (χ0v) is 14.9. The van der Waals surface area contributed by atoms with E-state index in [1.807, 2.05) is 0 Å². The largest absolute Gasteiger partial charge is 0.442 e. The topological polar surface area (TPSA) is 59.0 Å². The lowest BCUT2D eigenvalue weighted by Crippen LogP contribution is -2.43. The van der Waals surface area contributed by atoms with Crippen molar-refractivity contribution in [3.8, 4) is 0 Å². The van der Waals surface area contributed by atoms with Crippen LogP contribution in [0.4, 0.5) is 18.0 Å². The van der Waals surface area contributed by atoms with E-state index in [0.717, 1.165) is 12.1 Å². The summed E-state index contributed by atoms with van der Waals surface area (Å²) in [4.78, 5) is 12.0. The Kier molecular flexibility index (Phi) is 6.84. The molecule has 0 aliphatic carbocycles. The van der Waals surface area contributed by atoms with Crippen LogP contribution in [0.15, 0.2) is 24.3 Å². The van der Waals surface area contributed by atoms with Crippen molar-refractivity contribution in [1.29, 1.82) is 0 Å². The number of methoxy groups -OCH3 is 1. The third-order valence-electron chi connectivity index (χ3n) is 3.56. The number of hydroxylamine groups is 2. The zero-order valence-electron chi connectivity index (χ0n) is 14.9.